The predicted octanol–water partition coefficient (Wildman–Crippen LogP) is 2.70. The highest BCUT2D eigenvalue weighted by molar-refractivity contribution is 7.15. The molecule has 0 bridgehead atoms. The van der Waals surface area contributed by atoms with Gasteiger partial charge in [-0.2, -0.15) is 0 Å². The molecule has 3 rings (SSSR count). The summed E-state index contributed by atoms with van der Waals surface area (Å²) in [6.07, 6.45) is 4.53. The van der Waals surface area contributed by atoms with E-state index >= 15 is 0 Å². The fraction of sp³-hybridized carbons (Fsp3) is 0.429. The Labute approximate surface area is 121 Å². The summed E-state index contributed by atoms with van der Waals surface area (Å²) in [6, 6.07) is 3.09. The maximum atomic E-state index is 13.8. The highest BCUT2D eigenvalue weighted by Crippen LogP contribution is 2.24. The van der Waals surface area contributed by atoms with Gasteiger partial charge in [-0.05, 0) is 25.5 Å². The van der Waals surface area contributed by atoms with E-state index in [4.69, 9.17) is 0 Å². The van der Waals surface area contributed by atoms with Gasteiger partial charge in [-0.15, -0.1) is 11.3 Å². The third-order valence-corrected chi connectivity index (χ3v) is 4.39. The standard InChI is InChI=1S/C14H17FN4S/c1-11-10-17-14(20-11)19-7-3-6-18(8-9-19)13-12(15)4-2-5-16-13/h2,4-5,10H,3,6-9H2,1H3. The zero-order valence-electron chi connectivity index (χ0n) is 11.4. The summed E-state index contributed by atoms with van der Waals surface area (Å²) < 4.78 is 13.8. The molecule has 0 aliphatic carbocycles. The molecule has 2 aromatic rings. The van der Waals surface area contributed by atoms with E-state index in [1.807, 2.05) is 11.1 Å². The molecule has 0 unspecified atom stereocenters. The molecule has 0 N–H and O–H groups in total. The number of aryl methyl sites for hydroxylation is 1. The van der Waals surface area contributed by atoms with E-state index in [9.17, 15) is 4.39 Å². The lowest BCUT2D eigenvalue weighted by molar-refractivity contribution is 0.610. The first-order chi connectivity index (χ1) is 9.74. The molecule has 20 heavy (non-hydrogen) atoms. The molecule has 6 heteroatoms. The lowest BCUT2D eigenvalue weighted by Crippen LogP contribution is -2.31. The van der Waals surface area contributed by atoms with Gasteiger partial charge in [0.2, 0.25) is 0 Å². The highest BCUT2D eigenvalue weighted by Gasteiger charge is 2.19. The van der Waals surface area contributed by atoms with Gasteiger partial charge < -0.3 is 9.80 Å². The predicted molar refractivity (Wildman–Crippen MR) is 80.1 cm³/mol. The van der Waals surface area contributed by atoms with Crippen LogP contribution >= 0.6 is 11.3 Å². The molecular formula is C14H17FN4S. The largest absolute Gasteiger partial charge is 0.352 e. The van der Waals surface area contributed by atoms with Crippen LogP contribution in [0.1, 0.15) is 11.3 Å². The van der Waals surface area contributed by atoms with Gasteiger partial charge in [-0.25, -0.2) is 14.4 Å². The lowest BCUT2D eigenvalue weighted by Gasteiger charge is -2.22. The van der Waals surface area contributed by atoms with Gasteiger partial charge in [0.25, 0.3) is 0 Å². The normalized spacial score (nSPS) is 16.3. The van der Waals surface area contributed by atoms with Gasteiger partial charge in [-0.1, -0.05) is 0 Å². The first kappa shape index (κ1) is 13.3. The van der Waals surface area contributed by atoms with Crippen molar-refractivity contribution in [2.24, 2.45) is 0 Å². The van der Waals surface area contributed by atoms with Gasteiger partial charge in [0.05, 0.1) is 0 Å². The Hall–Kier alpha value is -1.69. The highest BCUT2D eigenvalue weighted by atomic mass is 32.1. The van der Waals surface area contributed by atoms with E-state index in [0.717, 1.165) is 37.7 Å². The number of hydrogen-bond donors (Lipinski definition) is 0. The molecule has 3 heterocycles. The molecule has 1 aliphatic heterocycles. The molecule has 1 saturated heterocycles. The number of hydrogen-bond acceptors (Lipinski definition) is 5. The Bertz CT molecular complexity index is 586. The van der Waals surface area contributed by atoms with Crippen LogP contribution in [0.5, 0.6) is 0 Å². The minimum atomic E-state index is -0.244. The quantitative estimate of drug-likeness (QED) is 0.852. The SMILES string of the molecule is Cc1cnc(N2CCCN(c3ncccc3F)CC2)s1. The Kier molecular flexibility index (Phi) is 3.82. The Morgan fingerprint density at radius 2 is 1.95 bits per heavy atom. The van der Waals surface area contributed by atoms with Crippen LogP contribution in [0.3, 0.4) is 0 Å². The Morgan fingerprint density at radius 1 is 1.15 bits per heavy atom. The van der Waals surface area contributed by atoms with Crippen molar-refractivity contribution in [3.05, 3.63) is 35.2 Å². The summed E-state index contributed by atoms with van der Waals surface area (Å²) in [5.74, 6) is 0.218. The first-order valence-electron chi connectivity index (χ1n) is 6.77. The van der Waals surface area contributed by atoms with Gasteiger partial charge in [0.15, 0.2) is 16.8 Å². The molecule has 0 radical (unpaired) electrons. The van der Waals surface area contributed by atoms with Crippen molar-refractivity contribution in [2.75, 3.05) is 36.0 Å². The minimum Gasteiger partial charge on any atom is -0.352 e. The van der Waals surface area contributed by atoms with Crippen LogP contribution in [0.25, 0.3) is 0 Å². The molecule has 1 aliphatic rings. The van der Waals surface area contributed by atoms with Gasteiger partial charge >= 0.3 is 0 Å². The van der Waals surface area contributed by atoms with Crippen molar-refractivity contribution in [2.45, 2.75) is 13.3 Å². The van der Waals surface area contributed by atoms with Crippen molar-refractivity contribution in [1.82, 2.24) is 9.97 Å². The maximum absolute atomic E-state index is 13.8. The number of halogens is 1. The zero-order chi connectivity index (χ0) is 13.9. The molecule has 0 amide bonds. The summed E-state index contributed by atoms with van der Waals surface area (Å²) in [5, 5.41) is 1.06. The number of anilines is 2. The molecule has 106 valence electrons. The average molecular weight is 292 g/mol. The number of nitrogens with zero attached hydrogens (tertiary/aromatic N) is 4. The summed E-state index contributed by atoms with van der Waals surface area (Å²) >= 11 is 1.71. The second-order valence-electron chi connectivity index (χ2n) is 4.89. The molecule has 2 aromatic heterocycles. The van der Waals surface area contributed by atoms with Crippen LogP contribution in [0, 0.1) is 12.7 Å². The smallest absolute Gasteiger partial charge is 0.185 e. The summed E-state index contributed by atoms with van der Waals surface area (Å²) in [7, 11) is 0. The summed E-state index contributed by atoms with van der Waals surface area (Å²) in [6.45, 7) is 5.47. The fourth-order valence-corrected chi connectivity index (χ4v) is 3.23. The van der Waals surface area contributed by atoms with E-state index in [0.29, 0.717) is 5.82 Å². The molecular weight excluding hydrogens is 275 g/mol. The van der Waals surface area contributed by atoms with Crippen molar-refractivity contribution < 1.29 is 4.39 Å². The summed E-state index contributed by atoms with van der Waals surface area (Å²) in [5.41, 5.74) is 0. The second kappa shape index (κ2) is 5.75. The van der Waals surface area contributed by atoms with E-state index in [2.05, 4.69) is 21.8 Å². The molecule has 0 spiro atoms. The van der Waals surface area contributed by atoms with Crippen molar-refractivity contribution in [3.8, 4) is 0 Å². The summed E-state index contributed by atoms with van der Waals surface area (Å²) in [4.78, 5) is 14.1. The molecule has 0 atom stereocenters. The monoisotopic (exact) mass is 292 g/mol. The van der Waals surface area contributed by atoms with Crippen LogP contribution in [0.15, 0.2) is 24.5 Å². The number of rotatable bonds is 2. The van der Waals surface area contributed by atoms with Crippen LogP contribution in [-0.2, 0) is 0 Å². The van der Waals surface area contributed by atoms with Crippen molar-refractivity contribution >= 4 is 22.3 Å². The average Bonchev–Trinajstić information content (AvgIpc) is 2.74. The van der Waals surface area contributed by atoms with Crippen molar-refractivity contribution in [3.63, 3.8) is 0 Å². The lowest BCUT2D eigenvalue weighted by atomic mass is 10.3. The van der Waals surface area contributed by atoms with E-state index in [-0.39, 0.29) is 5.82 Å². The fourth-order valence-electron chi connectivity index (χ4n) is 2.42. The number of pyridine rings is 1. The molecule has 4 nitrogen and oxygen atoms in total. The number of aromatic nitrogens is 2. The van der Waals surface area contributed by atoms with Gasteiger partial charge in [-0.3, -0.25) is 0 Å². The van der Waals surface area contributed by atoms with Crippen LogP contribution in [0.2, 0.25) is 0 Å². The van der Waals surface area contributed by atoms with E-state index < -0.39 is 0 Å². The number of thiazole rings is 1. The van der Waals surface area contributed by atoms with E-state index in [1.54, 1.807) is 23.6 Å². The van der Waals surface area contributed by atoms with Crippen LogP contribution in [-0.4, -0.2) is 36.1 Å². The van der Waals surface area contributed by atoms with Gasteiger partial charge in [0, 0.05) is 43.4 Å². The third kappa shape index (κ3) is 2.75. The maximum Gasteiger partial charge on any atom is 0.185 e. The zero-order valence-corrected chi connectivity index (χ0v) is 12.2. The minimum absolute atomic E-state index is 0.244. The molecule has 0 aromatic carbocycles. The Morgan fingerprint density at radius 3 is 2.70 bits per heavy atom. The molecule has 0 saturated carbocycles. The topological polar surface area (TPSA) is 32.3 Å². The third-order valence-electron chi connectivity index (χ3n) is 3.41. The Balaban J connectivity index is 1.72. The molecule has 1 fully saturated rings. The van der Waals surface area contributed by atoms with Crippen molar-refractivity contribution in [1.29, 1.82) is 0 Å². The van der Waals surface area contributed by atoms with E-state index in [1.165, 1.54) is 10.9 Å². The van der Waals surface area contributed by atoms with Crippen LogP contribution in [0.4, 0.5) is 15.3 Å². The van der Waals surface area contributed by atoms with Gasteiger partial charge in [0.1, 0.15) is 0 Å². The second-order valence-corrected chi connectivity index (χ2v) is 6.10. The van der Waals surface area contributed by atoms with Crippen LogP contribution < -0.4 is 9.80 Å². The first-order valence-corrected chi connectivity index (χ1v) is 7.58.